The number of thioether (sulfide) groups is 1. The standard InChI is InChI=1S/C21H24BN3S/c1-15-14-17(10-9-16-6-3-4-8-20(16)26-2)24-21(15)18(11-12-23)19-7-5-13-25(19)22/h3-10,13-14H,11-12,22-23H2,1-2H3/b10-9+,21-18-. The van der Waals surface area contributed by atoms with Crippen LogP contribution in [0.1, 0.15) is 24.6 Å². The lowest BCUT2D eigenvalue weighted by atomic mass is 10.0. The fraction of sp³-hybridized carbons (Fsp3) is 0.190. The Morgan fingerprint density at radius 3 is 2.73 bits per heavy atom. The molecule has 0 spiro atoms. The van der Waals surface area contributed by atoms with Gasteiger partial charge in [0, 0.05) is 16.2 Å². The summed E-state index contributed by atoms with van der Waals surface area (Å²) in [5.74, 6) is 0. The molecule has 0 bridgehead atoms. The number of benzene rings is 1. The van der Waals surface area contributed by atoms with Crippen LogP contribution in [0.15, 0.2) is 75.9 Å². The molecule has 0 aliphatic carbocycles. The number of aromatic nitrogens is 1. The molecular formula is C21H24BN3S. The van der Waals surface area contributed by atoms with Crippen LogP contribution in [-0.4, -0.2) is 31.0 Å². The summed E-state index contributed by atoms with van der Waals surface area (Å²) in [6.07, 6.45) is 11.4. The molecule has 0 fully saturated rings. The normalized spacial score (nSPS) is 16.1. The van der Waals surface area contributed by atoms with Crippen molar-refractivity contribution in [3.63, 3.8) is 0 Å². The third-order valence-corrected chi connectivity index (χ3v) is 5.30. The molecule has 2 N–H and O–H groups in total. The van der Waals surface area contributed by atoms with Crippen LogP contribution in [0.3, 0.4) is 0 Å². The molecule has 3 rings (SSSR count). The lowest BCUT2D eigenvalue weighted by Gasteiger charge is -2.11. The van der Waals surface area contributed by atoms with E-state index in [1.54, 1.807) is 11.8 Å². The maximum absolute atomic E-state index is 5.87. The zero-order valence-electron chi connectivity index (χ0n) is 15.6. The molecule has 0 saturated carbocycles. The second-order valence-corrected chi connectivity index (χ2v) is 7.16. The van der Waals surface area contributed by atoms with Gasteiger partial charge < -0.3 is 10.2 Å². The van der Waals surface area contributed by atoms with E-state index in [1.165, 1.54) is 27.3 Å². The van der Waals surface area contributed by atoms with Crippen molar-refractivity contribution in [2.24, 2.45) is 10.7 Å². The summed E-state index contributed by atoms with van der Waals surface area (Å²) >= 11 is 1.76. The zero-order valence-corrected chi connectivity index (χ0v) is 16.4. The van der Waals surface area contributed by atoms with E-state index in [-0.39, 0.29) is 0 Å². The van der Waals surface area contributed by atoms with Crippen LogP contribution in [0.2, 0.25) is 0 Å². The number of hydrogen-bond donors (Lipinski definition) is 1. The Morgan fingerprint density at radius 1 is 1.23 bits per heavy atom. The van der Waals surface area contributed by atoms with Crippen molar-refractivity contribution < 1.29 is 0 Å². The fourth-order valence-corrected chi connectivity index (χ4v) is 3.78. The van der Waals surface area contributed by atoms with Crippen LogP contribution in [0.4, 0.5) is 0 Å². The van der Waals surface area contributed by atoms with Gasteiger partial charge in [0.2, 0.25) is 7.98 Å². The molecule has 132 valence electrons. The van der Waals surface area contributed by atoms with Gasteiger partial charge in [0.1, 0.15) is 0 Å². The van der Waals surface area contributed by atoms with Crippen molar-refractivity contribution >= 4 is 37.1 Å². The summed E-state index contributed by atoms with van der Waals surface area (Å²) in [6.45, 7) is 2.73. The largest absolute Gasteiger partial charge is 0.399 e. The Morgan fingerprint density at radius 2 is 2.04 bits per heavy atom. The molecule has 0 saturated heterocycles. The summed E-state index contributed by atoms with van der Waals surface area (Å²) < 4.78 is 2.13. The first-order valence-electron chi connectivity index (χ1n) is 8.77. The van der Waals surface area contributed by atoms with Crippen molar-refractivity contribution in [2.45, 2.75) is 18.2 Å². The maximum Gasteiger partial charge on any atom is 0.223 e. The van der Waals surface area contributed by atoms with Crippen LogP contribution in [-0.2, 0) is 0 Å². The summed E-state index contributed by atoms with van der Waals surface area (Å²) in [5.41, 5.74) is 12.7. The monoisotopic (exact) mass is 361 g/mol. The van der Waals surface area contributed by atoms with Crippen LogP contribution >= 0.6 is 11.8 Å². The molecule has 0 radical (unpaired) electrons. The Bertz CT molecular complexity index is 919. The predicted octanol–water partition coefficient (Wildman–Crippen LogP) is 3.78. The van der Waals surface area contributed by atoms with Gasteiger partial charge in [-0.05, 0) is 73.8 Å². The zero-order chi connectivity index (χ0) is 18.5. The molecule has 0 atom stereocenters. The van der Waals surface area contributed by atoms with Gasteiger partial charge in [-0.2, -0.15) is 0 Å². The third kappa shape index (κ3) is 3.95. The van der Waals surface area contributed by atoms with Gasteiger partial charge in [0.05, 0.1) is 11.4 Å². The van der Waals surface area contributed by atoms with E-state index in [0.29, 0.717) is 6.54 Å². The lowest BCUT2D eigenvalue weighted by molar-refractivity contribution is 0.997. The molecule has 1 aliphatic rings. The minimum absolute atomic E-state index is 0.610. The maximum atomic E-state index is 5.87. The van der Waals surface area contributed by atoms with Crippen LogP contribution in [0.5, 0.6) is 0 Å². The van der Waals surface area contributed by atoms with E-state index in [4.69, 9.17) is 10.7 Å². The van der Waals surface area contributed by atoms with E-state index >= 15 is 0 Å². The molecule has 0 unspecified atom stereocenters. The topological polar surface area (TPSA) is 43.3 Å². The quantitative estimate of drug-likeness (QED) is 0.629. The molecule has 2 aromatic rings. The molecule has 1 aromatic carbocycles. The SMILES string of the molecule is Bn1cccc1/C(CCN)=C1N=C(/C=C/c2ccccc2SC)C=C\1C. The Labute approximate surface area is 160 Å². The molecule has 2 heterocycles. The van der Waals surface area contributed by atoms with Crippen molar-refractivity contribution in [3.05, 3.63) is 77.3 Å². The molecule has 1 aliphatic heterocycles. The fourth-order valence-electron chi connectivity index (χ4n) is 3.20. The number of nitrogens with zero attached hydrogens (tertiary/aromatic N) is 2. The molecule has 1 aromatic heterocycles. The first kappa shape index (κ1) is 18.6. The van der Waals surface area contributed by atoms with Gasteiger partial charge in [-0.15, -0.1) is 11.8 Å². The lowest BCUT2D eigenvalue weighted by Crippen LogP contribution is -2.05. The van der Waals surface area contributed by atoms with E-state index in [9.17, 15) is 0 Å². The van der Waals surface area contributed by atoms with E-state index in [0.717, 1.165) is 17.8 Å². The number of nitrogens with two attached hydrogens (primary N) is 1. The second kappa shape index (κ2) is 8.43. The van der Waals surface area contributed by atoms with Gasteiger partial charge in [0.15, 0.2) is 0 Å². The first-order chi connectivity index (χ1) is 12.6. The average Bonchev–Trinajstić information content (AvgIpc) is 3.24. The van der Waals surface area contributed by atoms with Crippen molar-refractivity contribution in [3.8, 4) is 0 Å². The van der Waals surface area contributed by atoms with Crippen molar-refractivity contribution in [1.82, 2.24) is 4.48 Å². The van der Waals surface area contributed by atoms with Gasteiger partial charge >= 0.3 is 0 Å². The predicted molar refractivity (Wildman–Crippen MR) is 117 cm³/mol. The Hall–Kier alpha value is -2.24. The number of aliphatic imine (C=N–C) groups is 1. The minimum atomic E-state index is 0.610. The highest BCUT2D eigenvalue weighted by atomic mass is 32.2. The summed E-state index contributed by atoms with van der Waals surface area (Å²) in [4.78, 5) is 6.17. The molecule has 26 heavy (non-hydrogen) atoms. The van der Waals surface area contributed by atoms with Crippen LogP contribution in [0, 0.1) is 0 Å². The molecular weight excluding hydrogens is 337 g/mol. The number of allylic oxidation sites excluding steroid dienone is 3. The minimum Gasteiger partial charge on any atom is -0.399 e. The Kier molecular flexibility index (Phi) is 6.02. The summed E-state index contributed by atoms with van der Waals surface area (Å²) in [5, 5.41) is 0. The molecule has 3 nitrogen and oxygen atoms in total. The summed E-state index contributed by atoms with van der Waals surface area (Å²) in [7, 11) is 2.06. The Balaban J connectivity index is 1.96. The second-order valence-electron chi connectivity index (χ2n) is 6.31. The highest BCUT2D eigenvalue weighted by molar-refractivity contribution is 7.98. The third-order valence-electron chi connectivity index (χ3n) is 4.48. The average molecular weight is 361 g/mol. The van der Waals surface area contributed by atoms with Crippen molar-refractivity contribution in [1.29, 1.82) is 0 Å². The van der Waals surface area contributed by atoms with Crippen LogP contribution in [0.25, 0.3) is 11.6 Å². The highest BCUT2D eigenvalue weighted by Crippen LogP contribution is 2.31. The van der Waals surface area contributed by atoms with Gasteiger partial charge in [-0.25, -0.2) is 4.99 Å². The van der Waals surface area contributed by atoms with Gasteiger partial charge in [-0.1, -0.05) is 24.3 Å². The number of hydrogen-bond acceptors (Lipinski definition) is 3. The smallest absolute Gasteiger partial charge is 0.223 e. The van der Waals surface area contributed by atoms with E-state index in [1.807, 2.05) is 0 Å². The number of rotatable bonds is 6. The van der Waals surface area contributed by atoms with E-state index < -0.39 is 0 Å². The first-order valence-corrected chi connectivity index (χ1v) is 10.00. The van der Waals surface area contributed by atoms with E-state index in [2.05, 4.69) is 86.5 Å². The van der Waals surface area contributed by atoms with Gasteiger partial charge in [-0.3, -0.25) is 0 Å². The molecule has 5 heteroatoms. The van der Waals surface area contributed by atoms with Gasteiger partial charge in [0.25, 0.3) is 0 Å². The highest BCUT2D eigenvalue weighted by Gasteiger charge is 2.16. The van der Waals surface area contributed by atoms with Crippen LogP contribution < -0.4 is 5.73 Å². The molecule has 0 amide bonds. The van der Waals surface area contributed by atoms with Crippen molar-refractivity contribution in [2.75, 3.05) is 12.8 Å². The summed E-state index contributed by atoms with van der Waals surface area (Å²) in [6, 6.07) is 12.6.